The first-order valence-electron chi connectivity index (χ1n) is 7.91. The molecule has 25 heavy (non-hydrogen) atoms. The second-order valence-corrected chi connectivity index (χ2v) is 6.90. The molecular formula is C18H18N4O2S. The second kappa shape index (κ2) is 7.40. The number of aromatic nitrogens is 2. The molecule has 0 bridgehead atoms. The maximum atomic E-state index is 12.2. The lowest BCUT2D eigenvalue weighted by molar-refractivity contribution is 0.0946. The van der Waals surface area contributed by atoms with Crippen molar-refractivity contribution in [3.63, 3.8) is 0 Å². The molecular weight excluding hydrogens is 336 g/mol. The van der Waals surface area contributed by atoms with Gasteiger partial charge in [-0.25, -0.2) is 9.97 Å². The summed E-state index contributed by atoms with van der Waals surface area (Å²) in [6.07, 6.45) is 0.622. The summed E-state index contributed by atoms with van der Waals surface area (Å²) < 4.78 is 1.07. The Balaban J connectivity index is 1.69. The van der Waals surface area contributed by atoms with Crippen LogP contribution in [0.15, 0.2) is 36.4 Å². The highest BCUT2D eigenvalue weighted by atomic mass is 32.1. The van der Waals surface area contributed by atoms with E-state index in [1.165, 1.54) is 0 Å². The van der Waals surface area contributed by atoms with Crippen LogP contribution in [0.2, 0.25) is 0 Å². The highest BCUT2D eigenvalue weighted by molar-refractivity contribution is 7.22. The van der Waals surface area contributed by atoms with Crippen molar-refractivity contribution in [2.45, 2.75) is 26.4 Å². The maximum absolute atomic E-state index is 12.2. The highest BCUT2D eigenvalue weighted by Crippen LogP contribution is 2.27. The van der Waals surface area contributed by atoms with E-state index in [1.807, 2.05) is 18.2 Å². The van der Waals surface area contributed by atoms with Crippen molar-refractivity contribution in [1.82, 2.24) is 15.3 Å². The van der Waals surface area contributed by atoms with Crippen LogP contribution >= 0.6 is 11.3 Å². The Hall–Kier alpha value is -2.80. The van der Waals surface area contributed by atoms with Crippen LogP contribution in [0.3, 0.4) is 0 Å². The van der Waals surface area contributed by atoms with Gasteiger partial charge in [-0.05, 0) is 43.7 Å². The zero-order valence-electron chi connectivity index (χ0n) is 13.9. The van der Waals surface area contributed by atoms with Crippen molar-refractivity contribution in [2.24, 2.45) is 0 Å². The molecule has 3 aromatic rings. The third kappa shape index (κ3) is 4.19. The van der Waals surface area contributed by atoms with Gasteiger partial charge in [0.15, 0.2) is 11.4 Å². The number of thiazole rings is 1. The third-order valence-corrected chi connectivity index (χ3v) is 4.39. The van der Waals surface area contributed by atoms with Gasteiger partial charge in [-0.3, -0.25) is 9.59 Å². The molecule has 0 atom stereocenters. The molecule has 0 aliphatic rings. The van der Waals surface area contributed by atoms with Crippen molar-refractivity contribution < 1.29 is 9.59 Å². The Morgan fingerprint density at radius 2 is 2.08 bits per heavy atom. The van der Waals surface area contributed by atoms with Crippen LogP contribution in [0.5, 0.6) is 0 Å². The summed E-state index contributed by atoms with van der Waals surface area (Å²) >= 11 is 1.59. The number of fused-ring (bicyclic) bond motifs is 1. The molecule has 0 saturated carbocycles. The van der Waals surface area contributed by atoms with Crippen molar-refractivity contribution >= 4 is 38.9 Å². The number of rotatable bonds is 6. The van der Waals surface area contributed by atoms with Crippen LogP contribution in [0.4, 0.5) is 5.13 Å². The second-order valence-electron chi connectivity index (χ2n) is 5.87. The number of aldehydes is 1. The number of hydrogen-bond acceptors (Lipinski definition) is 6. The summed E-state index contributed by atoms with van der Waals surface area (Å²) in [7, 11) is 0. The number of pyridine rings is 1. The Morgan fingerprint density at radius 1 is 1.24 bits per heavy atom. The van der Waals surface area contributed by atoms with Crippen LogP contribution in [-0.2, 0) is 6.54 Å². The molecule has 1 amide bonds. The van der Waals surface area contributed by atoms with Gasteiger partial charge in [0.05, 0.1) is 10.2 Å². The van der Waals surface area contributed by atoms with Crippen LogP contribution in [0.1, 0.15) is 40.4 Å². The van der Waals surface area contributed by atoms with Gasteiger partial charge in [0.25, 0.3) is 5.91 Å². The summed E-state index contributed by atoms with van der Waals surface area (Å²) in [5, 5.41) is 7.01. The zero-order valence-corrected chi connectivity index (χ0v) is 14.8. The summed E-state index contributed by atoms with van der Waals surface area (Å²) in [6, 6.07) is 11.0. The average Bonchev–Trinajstić information content (AvgIpc) is 3.00. The average molecular weight is 354 g/mol. The van der Waals surface area contributed by atoms with E-state index in [2.05, 4.69) is 34.4 Å². The van der Waals surface area contributed by atoms with E-state index in [4.69, 9.17) is 0 Å². The van der Waals surface area contributed by atoms with E-state index >= 15 is 0 Å². The van der Waals surface area contributed by atoms with E-state index in [0.29, 0.717) is 18.9 Å². The number of carbonyl (C=O) groups is 2. The molecule has 128 valence electrons. The summed E-state index contributed by atoms with van der Waals surface area (Å²) in [5.74, 6) is -0.310. The van der Waals surface area contributed by atoms with Gasteiger partial charge in [-0.1, -0.05) is 23.5 Å². The maximum Gasteiger partial charge on any atom is 0.270 e. The first-order valence-corrected chi connectivity index (χ1v) is 8.73. The first-order chi connectivity index (χ1) is 12.0. The molecule has 1 aromatic carbocycles. The normalized spacial score (nSPS) is 10.8. The molecule has 7 heteroatoms. The number of nitrogens with one attached hydrogen (secondary N) is 2. The van der Waals surface area contributed by atoms with E-state index in [9.17, 15) is 9.59 Å². The van der Waals surface area contributed by atoms with Crippen molar-refractivity contribution in [3.8, 4) is 0 Å². The van der Waals surface area contributed by atoms with Gasteiger partial charge in [0, 0.05) is 12.6 Å². The summed E-state index contributed by atoms with van der Waals surface area (Å²) in [4.78, 5) is 31.4. The molecule has 6 nitrogen and oxygen atoms in total. The minimum atomic E-state index is -0.310. The fraction of sp³-hybridized carbons (Fsp3) is 0.222. The monoisotopic (exact) mass is 354 g/mol. The molecule has 0 aliphatic heterocycles. The number of benzene rings is 1. The SMILES string of the molecule is CC(C)Nc1nc2ccc(CNC(=O)c3cccc(C=O)n3)cc2s1. The fourth-order valence-corrected chi connectivity index (χ4v) is 3.38. The standard InChI is InChI=1S/C18H18N4O2S/c1-11(2)20-18-22-14-7-6-12(8-16(14)25-18)9-19-17(24)15-5-3-4-13(10-23)21-15/h3-8,10-11H,9H2,1-2H3,(H,19,24)(H,20,22). The van der Waals surface area contributed by atoms with Crippen molar-refractivity contribution in [3.05, 3.63) is 53.3 Å². The topological polar surface area (TPSA) is 84.0 Å². The van der Waals surface area contributed by atoms with Gasteiger partial charge in [0.2, 0.25) is 0 Å². The largest absolute Gasteiger partial charge is 0.359 e. The van der Waals surface area contributed by atoms with Crippen LogP contribution in [0, 0.1) is 0 Å². The molecule has 2 heterocycles. The zero-order chi connectivity index (χ0) is 17.8. The lowest BCUT2D eigenvalue weighted by atomic mass is 10.2. The van der Waals surface area contributed by atoms with Crippen molar-refractivity contribution in [1.29, 1.82) is 0 Å². The van der Waals surface area contributed by atoms with Crippen LogP contribution in [-0.4, -0.2) is 28.2 Å². The number of nitrogens with zero attached hydrogens (tertiary/aromatic N) is 2. The summed E-state index contributed by atoms with van der Waals surface area (Å²) in [6.45, 7) is 4.52. The minimum absolute atomic E-state index is 0.229. The number of anilines is 1. The Kier molecular flexibility index (Phi) is 5.04. The quantitative estimate of drug-likeness (QED) is 0.664. The minimum Gasteiger partial charge on any atom is -0.359 e. The first kappa shape index (κ1) is 17.0. The molecule has 3 rings (SSSR count). The Bertz CT molecular complexity index is 920. The molecule has 0 fully saturated rings. The van der Waals surface area contributed by atoms with Crippen molar-refractivity contribution in [2.75, 3.05) is 5.32 Å². The van der Waals surface area contributed by atoms with Gasteiger partial charge >= 0.3 is 0 Å². The van der Waals surface area contributed by atoms with Gasteiger partial charge < -0.3 is 10.6 Å². The van der Waals surface area contributed by atoms with E-state index < -0.39 is 0 Å². The Morgan fingerprint density at radius 3 is 2.84 bits per heavy atom. The third-order valence-electron chi connectivity index (χ3n) is 3.44. The van der Waals surface area contributed by atoms with Crippen LogP contribution in [0.25, 0.3) is 10.2 Å². The fourth-order valence-electron chi connectivity index (χ4n) is 2.30. The smallest absolute Gasteiger partial charge is 0.270 e. The molecule has 0 unspecified atom stereocenters. The molecule has 2 aromatic heterocycles. The van der Waals surface area contributed by atoms with E-state index in [-0.39, 0.29) is 17.3 Å². The van der Waals surface area contributed by atoms with Gasteiger partial charge in [-0.2, -0.15) is 0 Å². The predicted octanol–water partition coefficient (Wildman–Crippen LogP) is 3.25. The molecule has 0 saturated heterocycles. The van der Waals surface area contributed by atoms with Gasteiger partial charge in [0.1, 0.15) is 11.4 Å². The molecule has 0 aliphatic carbocycles. The highest BCUT2D eigenvalue weighted by Gasteiger charge is 2.09. The molecule has 0 spiro atoms. The molecule has 0 radical (unpaired) electrons. The van der Waals surface area contributed by atoms with E-state index in [0.717, 1.165) is 20.9 Å². The number of carbonyl (C=O) groups excluding carboxylic acids is 2. The summed E-state index contributed by atoms with van der Waals surface area (Å²) in [5.41, 5.74) is 2.38. The lowest BCUT2D eigenvalue weighted by Gasteiger charge is -2.05. The Labute approximate surface area is 149 Å². The number of hydrogen-bond donors (Lipinski definition) is 2. The molecule has 2 N–H and O–H groups in total. The van der Waals surface area contributed by atoms with Crippen LogP contribution < -0.4 is 10.6 Å². The predicted molar refractivity (Wildman–Crippen MR) is 99.2 cm³/mol. The van der Waals surface area contributed by atoms with E-state index in [1.54, 1.807) is 29.5 Å². The number of amides is 1. The lowest BCUT2D eigenvalue weighted by Crippen LogP contribution is -2.24. The van der Waals surface area contributed by atoms with Gasteiger partial charge in [-0.15, -0.1) is 0 Å².